The molecule has 6 nitrogen and oxygen atoms in total. The molecule has 0 saturated carbocycles. The molecule has 0 unspecified atom stereocenters. The Labute approximate surface area is 137 Å². The third kappa shape index (κ3) is 2.87. The summed E-state index contributed by atoms with van der Waals surface area (Å²) in [6, 6.07) is 13.6. The van der Waals surface area contributed by atoms with E-state index in [9.17, 15) is 14.9 Å². The number of amides is 1. The van der Waals surface area contributed by atoms with Crippen molar-refractivity contribution in [2.45, 2.75) is 5.37 Å². The highest BCUT2D eigenvalue weighted by Crippen LogP contribution is 2.44. The monoisotopic (exact) mass is 330 g/mol. The molecule has 1 atom stereocenters. The number of nitrogens with zero attached hydrogens (tertiary/aromatic N) is 2. The van der Waals surface area contributed by atoms with E-state index >= 15 is 0 Å². The first-order valence-corrected chi connectivity index (χ1v) is 7.97. The van der Waals surface area contributed by atoms with Crippen LogP contribution in [0.1, 0.15) is 10.9 Å². The molecule has 1 heterocycles. The zero-order valence-corrected chi connectivity index (χ0v) is 13.2. The Bertz CT molecular complexity index is 748. The van der Waals surface area contributed by atoms with Gasteiger partial charge in [0.2, 0.25) is 5.91 Å². The Hall–Kier alpha value is -2.54. The number of anilines is 1. The molecule has 7 heteroatoms. The first kappa shape index (κ1) is 15.4. The van der Waals surface area contributed by atoms with E-state index in [0.717, 1.165) is 0 Å². The van der Waals surface area contributed by atoms with Gasteiger partial charge in [-0.25, -0.2) is 0 Å². The van der Waals surface area contributed by atoms with Crippen LogP contribution in [-0.2, 0) is 4.79 Å². The van der Waals surface area contributed by atoms with Crippen molar-refractivity contribution in [3.63, 3.8) is 0 Å². The first-order valence-electron chi connectivity index (χ1n) is 6.93. The molecule has 0 aliphatic carbocycles. The number of ether oxygens (including phenoxy) is 1. The van der Waals surface area contributed by atoms with E-state index in [1.54, 1.807) is 54.5 Å². The number of carbonyl (C=O) groups excluding carboxylic acids is 1. The Morgan fingerprint density at radius 2 is 1.91 bits per heavy atom. The number of nitro benzene ring substituents is 1. The van der Waals surface area contributed by atoms with Crippen molar-refractivity contribution in [2.24, 2.45) is 0 Å². The number of hydrogen-bond donors (Lipinski definition) is 0. The summed E-state index contributed by atoms with van der Waals surface area (Å²) in [6.07, 6.45) is 0. The molecule has 1 amide bonds. The topological polar surface area (TPSA) is 72.7 Å². The molecule has 0 radical (unpaired) electrons. The molecular weight excluding hydrogens is 316 g/mol. The Morgan fingerprint density at radius 1 is 1.22 bits per heavy atom. The highest BCUT2D eigenvalue weighted by atomic mass is 32.2. The van der Waals surface area contributed by atoms with E-state index in [4.69, 9.17) is 4.74 Å². The number of methoxy groups -OCH3 is 1. The van der Waals surface area contributed by atoms with Gasteiger partial charge in [0, 0.05) is 11.8 Å². The summed E-state index contributed by atoms with van der Waals surface area (Å²) in [7, 11) is 1.57. The fourth-order valence-electron chi connectivity index (χ4n) is 2.54. The van der Waals surface area contributed by atoms with Gasteiger partial charge in [-0.1, -0.05) is 12.1 Å². The van der Waals surface area contributed by atoms with Crippen LogP contribution in [0.25, 0.3) is 0 Å². The lowest BCUT2D eigenvalue weighted by molar-refractivity contribution is -0.385. The normalized spacial score (nSPS) is 17.3. The smallest absolute Gasteiger partial charge is 0.275 e. The SMILES string of the molecule is COc1ccc(N2C(=O)CS[C@@H]2c2ccccc2[N+](=O)[O-])cc1. The van der Waals surface area contributed by atoms with Crippen LogP contribution < -0.4 is 9.64 Å². The molecule has 2 aromatic carbocycles. The zero-order valence-electron chi connectivity index (χ0n) is 12.3. The zero-order chi connectivity index (χ0) is 16.4. The first-order chi connectivity index (χ1) is 11.1. The van der Waals surface area contributed by atoms with E-state index in [-0.39, 0.29) is 11.6 Å². The highest BCUT2D eigenvalue weighted by Gasteiger charge is 2.37. The maximum Gasteiger partial charge on any atom is 0.275 e. The van der Waals surface area contributed by atoms with Crippen molar-refractivity contribution >= 4 is 29.0 Å². The van der Waals surface area contributed by atoms with Gasteiger partial charge in [-0.2, -0.15) is 0 Å². The average Bonchev–Trinajstić information content (AvgIpc) is 2.96. The van der Waals surface area contributed by atoms with Gasteiger partial charge in [0.15, 0.2) is 0 Å². The second-order valence-corrected chi connectivity index (χ2v) is 6.01. The second-order valence-electron chi connectivity index (χ2n) is 4.94. The van der Waals surface area contributed by atoms with Crippen LogP contribution in [0.5, 0.6) is 5.75 Å². The van der Waals surface area contributed by atoms with Crippen LogP contribution in [0.4, 0.5) is 11.4 Å². The number of thioether (sulfide) groups is 1. The lowest BCUT2D eigenvalue weighted by atomic mass is 10.1. The molecule has 1 aliphatic heterocycles. The Kier molecular flexibility index (Phi) is 4.20. The Morgan fingerprint density at radius 3 is 2.57 bits per heavy atom. The maximum atomic E-state index is 12.3. The minimum absolute atomic E-state index is 0.0261. The average molecular weight is 330 g/mol. The quantitative estimate of drug-likeness (QED) is 0.635. The summed E-state index contributed by atoms with van der Waals surface area (Å²) in [5, 5.41) is 10.9. The number of carbonyl (C=O) groups is 1. The number of para-hydroxylation sites is 1. The molecular formula is C16H14N2O4S. The molecule has 2 aromatic rings. The van der Waals surface area contributed by atoms with Crippen molar-refractivity contribution in [1.29, 1.82) is 0 Å². The van der Waals surface area contributed by atoms with Crippen LogP contribution in [0.3, 0.4) is 0 Å². The van der Waals surface area contributed by atoms with Crippen molar-refractivity contribution in [2.75, 3.05) is 17.8 Å². The van der Waals surface area contributed by atoms with Gasteiger partial charge >= 0.3 is 0 Å². The fraction of sp³-hybridized carbons (Fsp3) is 0.188. The molecule has 0 N–H and O–H groups in total. The number of benzene rings is 2. The minimum atomic E-state index is -0.412. The summed E-state index contributed by atoms with van der Waals surface area (Å²) < 4.78 is 5.12. The van der Waals surface area contributed by atoms with Gasteiger partial charge in [0.05, 0.1) is 23.3 Å². The van der Waals surface area contributed by atoms with E-state index in [2.05, 4.69) is 0 Å². The van der Waals surface area contributed by atoms with E-state index in [0.29, 0.717) is 22.8 Å². The van der Waals surface area contributed by atoms with Gasteiger partial charge in [0.25, 0.3) is 5.69 Å². The third-order valence-corrected chi connectivity index (χ3v) is 4.81. The summed E-state index contributed by atoms with van der Waals surface area (Å²) in [6.45, 7) is 0. The van der Waals surface area contributed by atoms with Crippen molar-refractivity contribution in [1.82, 2.24) is 0 Å². The van der Waals surface area contributed by atoms with Crippen molar-refractivity contribution < 1.29 is 14.5 Å². The summed E-state index contributed by atoms with van der Waals surface area (Å²) in [5.74, 6) is 0.918. The van der Waals surface area contributed by atoms with Crippen molar-refractivity contribution in [3.8, 4) is 5.75 Å². The van der Waals surface area contributed by atoms with Gasteiger partial charge in [-0.05, 0) is 30.3 Å². The molecule has 118 valence electrons. The predicted octanol–water partition coefficient (Wildman–Crippen LogP) is 3.38. The largest absolute Gasteiger partial charge is 0.497 e. The predicted molar refractivity (Wildman–Crippen MR) is 88.8 cm³/mol. The lowest BCUT2D eigenvalue weighted by Crippen LogP contribution is -2.28. The van der Waals surface area contributed by atoms with Crippen molar-refractivity contribution in [3.05, 3.63) is 64.2 Å². The molecule has 1 fully saturated rings. The number of rotatable bonds is 4. The highest BCUT2D eigenvalue weighted by molar-refractivity contribution is 8.00. The fourth-order valence-corrected chi connectivity index (χ4v) is 3.75. The van der Waals surface area contributed by atoms with Crippen LogP contribution in [0, 0.1) is 10.1 Å². The number of hydrogen-bond acceptors (Lipinski definition) is 5. The van der Waals surface area contributed by atoms with Crippen LogP contribution >= 0.6 is 11.8 Å². The summed E-state index contributed by atoms with van der Waals surface area (Å²) >= 11 is 1.39. The summed E-state index contributed by atoms with van der Waals surface area (Å²) in [5.41, 5.74) is 1.26. The number of nitro groups is 1. The molecule has 23 heavy (non-hydrogen) atoms. The third-order valence-electron chi connectivity index (χ3n) is 3.62. The molecule has 1 saturated heterocycles. The molecule has 3 rings (SSSR count). The van der Waals surface area contributed by atoms with Gasteiger partial charge < -0.3 is 4.74 Å². The van der Waals surface area contributed by atoms with Gasteiger partial charge in [-0.3, -0.25) is 19.8 Å². The maximum absolute atomic E-state index is 12.3. The van der Waals surface area contributed by atoms with E-state index in [1.165, 1.54) is 17.8 Å². The van der Waals surface area contributed by atoms with Gasteiger partial charge in [0.1, 0.15) is 11.1 Å². The van der Waals surface area contributed by atoms with E-state index in [1.807, 2.05) is 0 Å². The van der Waals surface area contributed by atoms with Crippen LogP contribution in [-0.4, -0.2) is 23.7 Å². The molecule has 1 aliphatic rings. The van der Waals surface area contributed by atoms with E-state index < -0.39 is 10.3 Å². The second kappa shape index (κ2) is 6.29. The molecule has 0 bridgehead atoms. The molecule has 0 spiro atoms. The van der Waals surface area contributed by atoms with Crippen LogP contribution in [0.15, 0.2) is 48.5 Å². The lowest BCUT2D eigenvalue weighted by Gasteiger charge is -2.24. The van der Waals surface area contributed by atoms with Crippen LogP contribution in [0.2, 0.25) is 0 Å². The molecule has 0 aromatic heterocycles. The standard InChI is InChI=1S/C16H14N2O4S/c1-22-12-8-6-11(7-9-12)17-15(19)10-23-16(17)13-4-2-3-5-14(13)18(20)21/h2-9,16H,10H2,1H3/t16-/m1/s1. The summed E-state index contributed by atoms with van der Waals surface area (Å²) in [4.78, 5) is 24.8. The Balaban J connectivity index is 2.01. The minimum Gasteiger partial charge on any atom is -0.497 e. The van der Waals surface area contributed by atoms with Gasteiger partial charge in [-0.15, -0.1) is 11.8 Å².